The average Bonchev–Trinajstić information content (AvgIpc) is 2.43. The van der Waals surface area contributed by atoms with Crippen molar-refractivity contribution in [2.45, 2.75) is 64.0 Å². The Balaban J connectivity index is 2.07. The van der Waals surface area contributed by atoms with E-state index in [1.54, 1.807) is 0 Å². The van der Waals surface area contributed by atoms with Crippen LogP contribution in [0.25, 0.3) is 0 Å². The monoisotopic (exact) mass is 270 g/mol. The van der Waals surface area contributed by atoms with Crippen LogP contribution >= 0.6 is 0 Å². The molecule has 2 aliphatic rings. The Labute approximate surface area is 117 Å². The Bertz CT molecular complexity index is 253. The van der Waals surface area contributed by atoms with Crippen LogP contribution in [0.3, 0.4) is 0 Å². The molecule has 19 heavy (non-hydrogen) atoms. The van der Waals surface area contributed by atoms with Crippen LogP contribution in [0.15, 0.2) is 0 Å². The third kappa shape index (κ3) is 3.48. The number of hydrogen-bond acceptors (Lipinski definition) is 4. The van der Waals surface area contributed by atoms with Crippen LogP contribution in [-0.4, -0.2) is 31.5 Å². The highest BCUT2D eigenvalue weighted by Crippen LogP contribution is 2.39. The van der Waals surface area contributed by atoms with Crippen LogP contribution in [0.2, 0.25) is 0 Å². The number of rotatable bonds is 5. The van der Waals surface area contributed by atoms with Crippen molar-refractivity contribution < 1.29 is 9.47 Å². The fourth-order valence-electron chi connectivity index (χ4n) is 3.89. The summed E-state index contributed by atoms with van der Waals surface area (Å²) < 4.78 is 11.7. The summed E-state index contributed by atoms with van der Waals surface area (Å²) in [5.41, 5.74) is 2.98. The molecule has 2 rings (SSSR count). The third-order valence-corrected chi connectivity index (χ3v) is 5.05. The van der Waals surface area contributed by atoms with E-state index >= 15 is 0 Å². The van der Waals surface area contributed by atoms with Crippen molar-refractivity contribution in [3.63, 3.8) is 0 Å². The Morgan fingerprint density at radius 1 is 1.26 bits per heavy atom. The molecule has 1 aliphatic carbocycles. The maximum atomic E-state index is 6.18. The van der Waals surface area contributed by atoms with Crippen molar-refractivity contribution in [1.82, 2.24) is 5.43 Å². The van der Waals surface area contributed by atoms with Gasteiger partial charge in [0.15, 0.2) is 0 Å². The zero-order valence-corrected chi connectivity index (χ0v) is 12.5. The maximum Gasteiger partial charge on any atom is 0.0894 e. The molecule has 1 saturated carbocycles. The summed E-state index contributed by atoms with van der Waals surface area (Å²) >= 11 is 0. The van der Waals surface area contributed by atoms with Crippen LogP contribution < -0.4 is 11.3 Å². The Hall–Kier alpha value is -0.160. The molecule has 4 heteroatoms. The topological polar surface area (TPSA) is 56.5 Å². The van der Waals surface area contributed by atoms with Gasteiger partial charge in [0.25, 0.3) is 0 Å². The summed E-state index contributed by atoms with van der Waals surface area (Å²) in [6, 6.07) is 0.267. The maximum absolute atomic E-state index is 6.18. The summed E-state index contributed by atoms with van der Waals surface area (Å²) in [7, 11) is 0. The predicted octanol–water partition coefficient (Wildman–Crippen LogP) is 2.23. The zero-order chi connectivity index (χ0) is 13.7. The average molecular weight is 270 g/mol. The fraction of sp³-hybridized carbons (Fsp3) is 1.00. The lowest BCUT2D eigenvalue weighted by molar-refractivity contribution is -0.139. The second-order valence-corrected chi connectivity index (χ2v) is 6.27. The zero-order valence-electron chi connectivity index (χ0n) is 12.5. The molecular formula is C15H30N2O2. The first-order valence-electron chi connectivity index (χ1n) is 7.89. The standard InChI is InChI=1S/C15H30N2O2/c1-3-19-15(8-10-18-11-9-15)14(17-16)13-6-4-12(2)5-7-13/h12-14,17H,3-11,16H2,1-2H3. The van der Waals surface area contributed by atoms with Crippen molar-refractivity contribution >= 4 is 0 Å². The van der Waals surface area contributed by atoms with Gasteiger partial charge in [0, 0.05) is 32.7 Å². The van der Waals surface area contributed by atoms with E-state index in [0.29, 0.717) is 5.92 Å². The van der Waals surface area contributed by atoms with Crippen molar-refractivity contribution in [3.05, 3.63) is 0 Å². The van der Waals surface area contributed by atoms with E-state index in [-0.39, 0.29) is 11.6 Å². The summed E-state index contributed by atoms with van der Waals surface area (Å²) in [6.45, 7) is 6.77. The first kappa shape index (κ1) is 15.2. The third-order valence-electron chi connectivity index (χ3n) is 5.05. The minimum Gasteiger partial charge on any atom is -0.381 e. The molecular weight excluding hydrogens is 240 g/mol. The molecule has 0 radical (unpaired) electrons. The van der Waals surface area contributed by atoms with Crippen molar-refractivity contribution in [2.75, 3.05) is 19.8 Å². The highest BCUT2D eigenvalue weighted by Gasteiger charge is 2.44. The SMILES string of the molecule is CCOC1(C(NN)C2CCC(C)CC2)CCOCC1. The highest BCUT2D eigenvalue weighted by molar-refractivity contribution is 4.98. The first-order chi connectivity index (χ1) is 9.22. The molecule has 1 heterocycles. The number of ether oxygens (including phenoxy) is 2. The largest absolute Gasteiger partial charge is 0.381 e. The van der Waals surface area contributed by atoms with E-state index in [4.69, 9.17) is 15.3 Å². The summed E-state index contributed by atoms with van der Waals surface area (Å²) in [4.78, 5) is 0. The number of hydrazine groups is 1. The first-order valence-corrected chi connectivity index (χ1v) is 7.89. The summed E-state index contributed by atoms with van der Waals surface area (Å²) in [6.07, 6.45) is 7.10. The second kappa shape index (κ2) is 7.02. The van der Waals surface area contributed by atoms with Crippen LogP contribution in [0, 0.1) is 11.8 Å². The predicted molar refractivity (Wildman–Crippen MR) is 76.6 cm³/mol. The molecule has 4 nitrogen and oxygen atoms in total. The van der Waals surface area contributed by atoms with Crippen molar-refractivity contribution in [1.29, 1.82) is 0 Å². The van der Waals surface area contributed by atoms with E-state index < -0.39 is 0 Å². The van der Waals surface area contributed by atoms with Gasteiger partial charge in [-0.25, -0.2) is 0 Å². The minimum absolute atomic E-state index is 0.118. The van der Waals surface area contributed by atoms with Gasteiger partial charge in [-0.05, 0) is 31.6 Å². The Kier molecular flexibility index (Phi) is 5.63. The van der Waals surface area contributed by atoms with Crippen LogP contribution in [0.1, 0.15) is 52.4 Å². The number of nitrogens with two attached hydrogens (primary N) is 1. The lowest BCUT2D eigenvalue weighted by Gasteiger charge is -2.47. The van der Waals surface area contributed by atoms with Gasteiger partial charge in [-0.2, -0.15) is 0 Å². The molecule has 1 atom stereocenters. The van der Waals surface area contributed by atoms with E-state index in [1.807, 2.05) is 0 Å². The molecule has 0 aromatic heterocycles. The normalized spacial score (nSPS) is 33.0. The van der Waals surface area contributed by atoms with Gasteiger partial charge >= 0.3 is 0 Å². The van der Waals surface area contributed by atoms with Gasteiger partial charge in [0.05, 0.1) is 11.6 Å². The van der Waals surface area contributed by atoms with Gasteiger partial charge < -0.3 is 9.47 Å². The van der Waals surface area contributed by atoms with Crippen LogP contribution in [0.4, 0.5) is 0 Å². The quantitative estimate of drug-likeness (QED) is 0.594. The highest BCUT2D eigenvalue weighted by atomic mass is 16.5. The van der Waals surface area contributed by atoms with Crippen LogP contribution in [-0.2, 0) is 9.47 Å². The molecule has 0 bridgehead atoms. The van der Waals surface area contributed by atoms with Gasteiger partial charge in [0.2, 0.25) is 0 Å². The lowest BCUT2D eigenvalue weighted by Crippen LogP contribution is -2.61. The van der Waals surface area contributed by atoms with Crippen LogP contribution in [0.5, 0.6) is 0 Å². The van der Waals surface area contributed by atoms with Gasteiger partial charge in [0.1, 0.15) is 0 Å². The molecule has 3 N–H and O–H groups in total. The molecule has 1 unspecified atom stereocenters. The number of hydrogen-bond donors (Lipinski definition) is 2. The number of nitrogens with one attached hydrogen (secondary N) is 1. The second-order valence-electron chi connectivity index (χ2n) is 6.27. The molecule has 0 amide bonds. The van der Waals surface area contributed by atoms with Crippen molar-refractivity contribution in [3.8, 4) is 0 Å². The molecule has 112 valence electrons. The lowest BCUT2D eigenvalue weighted by atomic mass is 9.72. The molecule has 0 aromatic carbocycles. The van der Waals surface area contributed by atoms with E-state index in [0.717, 1.165) is 38.6 Å². The van der Waals surface area contributed by atoms with Gasteiger partial charge in [-0.15, -0.1) is 0 Å². The molecule has 0 spiro atoms. The summed E-state index contributed by atoms with van der Waals surface area (Å²) in [5.74, 6) is 7.43. The molecule has 0 aromatic rings. The van der Waals surface area contributed by atoms with Gasteiger partial charge in [-0.3, -0.25) is 11.3 Å². The van der Waals surface area contributed by atoms with Crippen molar-refractivity contribution in [2.24, 2.45) is 17.7 Å². The smallest absolute Gasteiger partial charge is 0.0894 e. The molecule has 1 aliphatic heterocycles. The molecule has 2 fully saturated rings. The molecule has 1 saturated heterocycles. The minimum atomic E-state index is -0.118. The summed E-state index contributed by atoms with van der Waals surface area (Å²) in [5, 5.41) is 0. The van der Waals surface area contributed by atoms with Gasteiger partial charge in [-0.1, -0.05) is 19.8 Å². The van der Waals surface area contributed by atoms with E-state index in [1.165, 1.54) is 25.7 Å². The van der Waals surface area contributed by atoms with E-state index in [2.05, 4.69) is 19.3 Å². The van der Waals surface area contributed by atoms with E-state index in [9.17, 15) is 0 Å². The Morgan fingerprint density at radius 3 is 2.42 bits per heavy atom. The fourth-order valence-corrected chi connectivity index (χ4v) is 3.89. The Morgan fingerprint density at radius 2 is 1.89 bits per heavy atom.